The normalized spacial score (nSPS) is 21.8. The van der Waals surface area contributed by atoms with Crippen LogP contribution in [0.3, 0.4) is 0 Å². The Morgan fingerprint density at radius 1 is 1.48 bits per heavy atom. The summed E-state index contributed by atoms with van der Waals surface area (Å²) < 4.78 is 0. The molecule has 1 fully saturated rings. The average molecular weight is 291 g/mol. The third-order valence-electron chi connectivity index (χ3n) is 3.94. The van der Waals surface area contributed by atoms with Gasteiger partial charge in [-0.25, -0.2) is 0 Å². The molecule has 1 amide bonds. The number of nitro groups is 1. The lowest BCUT2D eigenvalue weighted by Crippen LogP contribution is -2.48. The summed E-state index contributed by atoms with van der Waals surface area (Å²) in [7, 11) is 1.69. The van der Waals surface area contributed by atoms with Crippen LogP contribution in [0.2, 0.25) is 0 Å². The summed E-state index contributed by atoms with van der Waals surface area (Å²) in [6, 6.07) is 6.37. The van der Waals surface area contributed by atoms with Gasteiger partial charge in [0.15, 0.2) is 0 Å². The lowest BCUT2D eigenvalue weighted by molar-refractivity contribution is -0.385. The third kappa shape index (κ3) is 3.78. The number of likely N-dealkylation sites (N-methyl/N-ethyl adjacent to an activating group) is 1. The molecule has 0 saturated carbocycles. The maximum absolute atomic E-state index is 12.4. The molecule has 0 bridgehead atoms. The fourth-order valence-electron chi connectivity index (χ4n) is 2.72. The van der Waals surface area contributed by atoms with Crippen molar-refractivity contribution in [2.24, 2.45) is 5.92 Å². The molecule has 1 N–H and O–H groups in total. The van der Waals surface area contributed by atoms with Crippen LogP contribution < -0.4 is 5.32 Å². The van der Waals surface area contributed by atoms with Crippen molar-refractivity contribution in [3.63, 3.8) is 0 Å². The van der Waals surface area contributed by atoms with Crippen molar-refractivity contribution in [1.82, 2.24) is 10.2 Å². The minimum atomic E-state index is -0.408. The van der Waals surface area contributed by atoms with Crippen molar-refractivity contribution in [3.8, 4) is 0 Å². The SMILES string of the molecule is CC1CCNC(C(=O)N(C)Cc2ccccc2[N+](=O)[O-])C1. The molecule has 0 aliphatic carbocycles. The van der Waals surface area contributed by atoms with E-state index in [1.165, 1.54) is 6.07 Å². The summed E-state index contributed by atoms with van der Waals surface area (Å²) in [5, 5.41) is 14.2. The quantitative estimate of drug-likeness (QED) is 0.679. The number of piperidine rings is 1. The van der Waals surface area contributed by atoms with E-state index in [0.29, 0.717) is 11.5 Å². The molecule has 21 heavy (non-hydrogen) atoms. The van der Waals surface area contributed by atoms with E-state index >= 15 is 0 Å². The maximum Gasteiger partial charge on any atom is 0.274 e. The second kappa shape index (κ2) is 6.67. The number of nitrogens with one attached hydrogen (secondary N) is 1. The van der Waals surface area contributed by atoms with Crippen LogP contribution in [0.4, 0.5) is 5.69 Å². The molecule has 6 nitrogen and oxygen atoms in total. The van der Waals surface area contributed by atoms with Gasteiger partial charge in [-0.15, -0.1) is 0 Å². The van der Waals surface area contributed by atoms with Gasteiger partial charge in [0.2, 0.25) is 5.91 Å². The van der Waals surface area contributed by atoms with Crippen LogP contribution in [-0.4, -0.2) is 35.4 Å². The number of hydrogen-bond acceptors (Lipinski definition) is 4. The number of carbonyl (C=O) groups is 1. The topological polar surface area (TPSA) is 75.5 Å². The predicted octanol–water partition coefficient (Wildman–Crippen LogP) is 1.94. The zero-order valence-corrected chi connectivity index (χ0v) is 12.4. The first-order chi connectivity index (χ1) is 9.99. The Bertz CT molecular complexity index is 533. The molecular formula is C15H21N3O3. The van der Waals surface area contributed by atoms with Gasteiger partial charge in [-0.3, -0.25) is 14.9 Å². The molecule has 1 aromatic carbocycles. The van der Waals surface area contributed by atoms with Crippen molar-refractivity contribution < 1.29 is 9.72 Å². The van der Waals surface area contributed by atoms with Gasteiger partial charge in [-0.1, -0.05) is 25.1 Å². The monoisotopic (exact) mass is 291 g/mol. The van der Waals surface area contributed by atoms with E-state index in [0.717, 1.165) is 19.4 Å². The van der Waals surface area contributed by atoms with E-state index in [4.69, 9.17) is 0 Å². The zero-order chi connectivity index (χ0) is 15.4. The molecule has 2 unspecified atom stereocenters. The second-order valence-electron chi connectivity index (χ2n) is 5.72. The van der Waals surface area contributed by atoms with E-state index in [9.17, 15) is 14.9 Å². The number of nitrogens with zero attached hydrogens (tertiary/aromatic N) is 2. The third-order valence-corrected chi connectivity index (χ3v) is 3.94. The molecular weight excluding hydrogens is 270 g/mol. The van der Waals surface area contributed by atoms with E-state index in [-0.39, 0.29) is 24.2 Å². The second-order valence-corrected chi connectivity index (χ2v) is 5.72. The highest BCUT2D eigenvalue weighted by Gasteiger charge is 2.27. The van der Waals surface area contributed by atoms with Gasteiger partial charge in [-0.05, 0) is 25.3 Å². The van der Waals surface area contributed by atoms with Crippen LogP contribution >= 0.6 is 0 Å². The van der Waals surface area contributed by atoms with Crippen LogP contribution in [0.15, 0.2) is 24.3 Å². The van der Waals surface area contributed by atoms with Crippen LogP contribution in [-0.2, 0) is 11.3 Å². The lowest BCUT2D eigenvalue weighted by Gasteiger charge is -2.30. The number of hydrogen-bond donors (Lipinski definition) is 1. The van der Waals surface area contributed by atoms with Crippen LogP contribution in [0.5, 0.6) is 0 Å². The number of para-hydroxylation sites is 1. The minimum absolute atomic E-state index is 0.000277. The smallest absolute Gasteiger partial charge is 0.274 e. The van der Waals surface area contributed by atoms with E-state index < -0.39 is 4.92 Å². The Morgan fingerprint density at radius 2 is 2.19 bits per heavy atom. The van der Waals surface area contributed by atoms with Gasteiger partial charge in [0, 0.05) is 18.7 Å². The van der Waals surface area contributed by atoms with Crippen molar-refractivity contribution in [2.75, 3.05) is 13.6 Å². The summed E-state index contributed by atoms with van der Waals surface area (Å²) in [5.41, 5.74) is 0.615. The van der Waals surface area contributed by atoms with Gasteiger partial charge in [0.05, 0.1) is 17.5 Å². The summed E-state index contributed by atoms with van der Waals surface area (Å²) in [6.45, 7) is 3.24. The van der Waals surface area contributed by atoms with Crippen molar-refractivity contribution >= 4 is 11.6 Å². The molecule has 2 atom stereocenters. The molecule has 0 aromatic heterocycles. The number of carbonyl (C=O) groups excluding carboxylic acids is 1. The minimum Gasteiger partial charge on any atom is -0.340 e. The molecule has 1 aliphatic rings. The number of benzene rings is 1. The Hall–Kier alpha value is -1.95. The molecule has 2 rings (SSSR count). The largest absolute Gasteiger partial charge is 0.340 e. The highest BCUT2D eigenvalue weighted by molar-refractivity contribution is 5.81. The Balaban J connectivity index is 2.05. The molecule has 1 aliphatic heterocycles. The molecule has 114 valence electrons. The standard InChI is InChI=1S/C15H21N3O3/c1-11-7-8-16-13(9-11)15(19)17(2)10-12-5-3-4-6-14(12)18(20)21/h3-6,11,13,16H,7-10H2,1-2H3. The van der Waals surface area contributed by atoms with Gasteiger partial charge in [0.1, 0.15) is 0 Å². The fraction of sp³-hybridized carbons (Fsp3) is 0.533. The van der Waals surface area contributed by atoms with Crippen LogP contribution in [0.1, 0.15) is 25.3 Å². The van der Waals surface area contributed by atoms with Crippen molar-refractivity contribution in [2.45, 2.75) is 32.4 Å². The summed E-state index contributed by atoms with van der Waals surface area (Å²) in [6.07, 6.45) is 1.90. The molecule has 0 spiro atoms. The van der Waals surface area contributed by atoms with E-state index in [2.05, 4.69) is 12.2 Å². The van der Waals surface area contributed by atoms with Gasteiger partial charge >= 0.3 is 0 Å². The lowest BCUT2D eigenvalue weighted by atomic mass is 9.93. The highest BCUT2D eigenvalue weighted by atomic mass is 16.6. The van der Waals surface area contributed by atoms with Crippen LogP contribution in [0, 0.1) is 16.0 Å². The molecule has 6 heteroatoms. The highest BCUT2D eigenvalue weighted by Crippen LogP contribution is 2.21. The molecule has 1 heterocycles. The Labute approximate surface area is 124 Å². The first-order valence-electron chi connectivity index (χ1n) is 7.19. The number of nitro benzene ring substituents is 1. The van der Waals surface area contributed by atoms with E-state index in [1.54, 1.807) is 30.1 Å². The molecule has 1 aromatic rings. The summed E-state index contributed by atoms with van der Waals surface area (Å²) in [4.78, 5) is 24.6. The van der Waals surface area contributed by atoms with E-state index in [1.807, 2.05) is 0 Å². The fourth-order valence-corrected chi connectivity index (χ4v) is 2.72. The molecule has 0 radical (unpaired) electrons. The van der Waals surface area contributed by atoms with Crippen LogP contribution in [0.25, 0.3) is 0 Å². The summed E-state index contributed by atoms with van der Waals surface area (Å²) in [5.74, 6) is 0.527. The van der Waals surface area contributed by atoms with Gasteiger partial charge < -0.3 is 10.2 Å². The first-order valence-corrected chi connectivity index (χ1v) is 7.19. The van der Waals surface area contributed by atoms with Crippen molar-refractivity contribution in [3.05, 3.63) is 39.9 Å². The zero-order valence-electron chi connectivity index (χ0n) is 12.4. The molecule has 1 saturated heterocycles. The van der Waals surface area contributed by atoms with Gasteiger partial charge in [0.25, 0.3) is 5.69 Å². The van der Waals surface area contributed by atoms with Gasteiger partial charge in [-0.2, -0.15) is 0 Å². The number of rotatable bonds is 4. The summed E-state index contributed by atoms with van der Waals surface area (Å²) >= 11 is 0. The Morgan fingerprint density at radius 3 is 2.86 bits per heavy atom. The Kier molecular flexibility index (Phi) is 4.90. The predicted molar refractivity (Wildman–Crippen MR) is 79.8 cm³/mol. The average Bonchev–Trinajstić information content (AvgIpc) is 2.46. The first kappa shape index (κ1) is 15.4. The number of amides is 1. The maximum atomic E-state index is 12.4. The van der Waals surface area contributed by atoms with Crippen molar-refractivity contribution in [1.29, 1.82) is 0 Å².